The van der Waals surface area contributed by atoms with Gasteiger partial charge < -0.3 is 19.7 Å². The van der Waals surface area contributed by atoms with Crippen LogP contribution < -0.4 is 14.4 Å². The number of amides is 1. The minimum absolute atomic E-state index is 0.0102. The number of aromatic hydroxyl groups is 1. The molecule has 3 heterocycles. The molecule has 220 valence electrons. The molecule has 0 aliphatic carbocycles. The molecule has 2 unspecified atom stereocenters. The number of aliphatic hydroxyl groups is 1. The number of nitrogens with zero attached hydrogens (tertiary/aromatic N) is 3. The van der Waals surface area contributed by atoms with Gasteiger partial charge in [0.2, 0.25) is 5.13 Å². The number of halogens is 2. The molecule has 2 aliphatic heterocycles. The highest BCUT2D eigenvalue weighted by Gasteiger charge is 2.49. The number of rotatable bonds is 7. The molecule has 1 amide bonds. The number of carbonyl (C=O) groups excluding carboxylic acids is 2. The summed E-state index contributed by atoms with van der Waals surface area (Å²) < 4.78 is 12.0. The Hall–Kier alpha value is -3.58. The summed E-state index contributed by atoms with van der Waals surface area (Å²) in [5.74, 6) is -0.789. The van der Waals surface area contributed by atoms with Crippen molar-refractivity contribution in [3.8, 4) is 17.2 Å². The molecule has 43 heavy (non-hydrogen) atoms. The van der Waals surface area contributed by atoms with Crippen LogP contribution in [0.3, 0.4) is 0 Å². The summed E-state index contributed by atoms with van der Waals surface area (Å²) >= 11 is 11.9. The molecule has 0 spiro atoms. The van der Waals surface area contributed by atoms with E-state index in [1.54, 1.807) is 36.4 Å². The van der Waals surface area contributed by atoms with E-state index in [0.29, 0.717) is 38.4 Å². The molecule has 0 bridgehead atoms. The van der Waals surface area contributed by atoms with Gasteiger partial charge in [-0.2, -0.15) is 0 Å². The maximum atomic E-state index is 13.6. The van der Waals surface area contributed by atoms with Gasteiger partial charge in [0.05, 0.1) is 23.2 Å². The predicted octanol–water partition coefficient (Wildman–Crippen LogP) is 6.91. The molecule has 2 N–H and O–H groups in total. The number of benzene rings is 3. The van der Waals surface area contributed by atoms with Gasteiger partial charge in [-0.3, -0.25) is 14.5 Å². The molecule has 2 aliphatic rings. The number of methoxy groups -OCH3 is 1. The van der Waals surface area contributed by atoms with Crippen LogP contribution in [0.15, 0.2) is 69.0 Å². The Morgan fingerprint density at radius 2 is 1.95 bits per heavy atom. The summed E-state index contributed by atoms with van der Waals surface area (Å²) in [5.41, 5.74) is 2.58. The Morgan fingerprint density at radius 1 is 1.19 bits per heavy atom. The van der Waals surface area contributed by atoms with Crippen molar-refractivity contribution in [2.45, 2.75) is 35.6 Å². The summed E-state index contributed by atoms with van der Waals surface area (Å²) in [6.45, 7) is 1.95. The number of phenols is 1. The second-order valence-electron chi connectivity index (χ2n) is 9.94. The minimum atomic E-state index is -1.09. The van der Waals surface area contributed by atoms with Gasteiger partial charge in [-0.05, 0) is 82.0 Å². The third-order valence-corrected chi connectivity index (χ3v) is 10.1. The second-order valence-corrected chi connectivity index (χ2v) is 13.4. The molecule has 1 fully saturated rings. The number of ether oxygens (including phenoxy) is 2. The van der Waals surface area contributed by atoms with E-state index in [2.05, 4.69) is 26.1 Å². The van der Waals surface area contributed by atoms with E-state index < -0.39 is 17.7 Å². The third kappa shape index (κ3) is 5.60. The summed E-state index contributed by atoms with van der Waals surface area (Å²) in [7, 11) is 1.39. The Morgan fingerprint density at radius 3 is 2.70 bits per heavy atom. The van der Waals surface area contributed by atoms with Crippen LogP contribution in [0.5, 0.6) is 17.2 Å². The maximum Gasteiger partial charge on any atom is 0.301 e. The van der Waals surface area contributed by atoms with Crippen molar-refractivity contribution < 1.29 is 29.3 Å². The van der Waals surface area contributed by atoms with E-state index in [1.807, 2.05) is 19.1 Å². The fraction of sp³-hybridized carbons (Fsp3) is 0.200. The van der Waals surface area contributed by atoms with E-state index in [4.69, 9.17) is 21.1 Å². The second kappa shape index (κ2) is 11.8. The van der Waals surface area contributed by atoms with Crippen LogP contribution in [-0.2, 0) is 21.8 Å². The lowest BCUT2D eigenvalue weighted by Crippen LogP contribution is -2.29. The molecule has 1 saturated heterocycles. The first kappa shape index (κ1) is 29.5. The zero-order valence-electron chi connectivity index (χ0n) is 22.7. The van der Waals surface area contributed by atoms with Gasteiger partial charge in [-0.25, -0.2) is 0 Å². The predicted molar refractivity (Wildman–Crippen MR) is 168 cm³/mol. The number of fused-ring (bicyclic) bond motifs is 1. The quantitative estimate of drug-likeness (QED) is 0.0697. The minimum Gasteiger partial charge on any atom is -0.507 e. The van der Waals surface area contributed by atoms with Crippen LogP contribution in [-0.4, -0.2) is 45.3 Å². The third-order valence-electron chi connectivity index (χ3n) is 7.08. The van der Waals surface area contributed by atoms with E-state index in [1.165, 1.54) is 29.8 Å². The van der Waals surface area contributed by atoms with Crippen molar-refractivity contribution in [2.75, 3.05) is 12.0 Å². The van der Waals surface area contributed by atoms with Gasteiger partial charge in [0.25, 0.3) is 5.78 Å². The van der Waals surface area contributed by atoms with Crippen molar-refractivity contribution in [2.24, 2.45) is 0 Å². The van der Waals surface area contributed by atoms with Crippen molar-refractivity contribution in [3.63, 3.8) is 0 Å². The summed E-state index contributed by atoms with van der Waals surface area (Å²) in [4.78, 5) is 28.5. The fourth-order valence-electron chi connectivity index (χ4n) is 5.06. The number of hydrogen-bond acceptors (Lipinski definition) is 10. The zero-order chi connectivity index (χ0) is 30.4. The van der Waals surface area contributed by atoms with Gasteiger partial charge >= 0.3 is 5.91 Å². The highest BCUT2D eigenvalue weighted by Crippen LogP contribution is 2.47. The van der Waals surface area contributed by atoms with Crippen LogP contribution in [0.25, 0.3) is 5.76 Å². The van der Waals surface area contributed by atoms with Crippen molar-refractivity contribution in [1.82, 2.24) is 10.2 Å². The Labute approximate surface area is 268 Å². The molecule has 2 atom stereocenters. The summed E-state index contributed by atoms with van der Waals surface area (Å²) in [5, 5.41) is 31.4. The Balaban J connectivity index is 1.43. The number of aromatic nitrogens is 2. The summed E-state index contributed by atoms with van der Waals surface area (Å²) in [6.07, 6.45) is 0.640. The van der Waals surface area contributed by atoms with Crippen molar-refractivity contribution in [1.29, 1.82) is 0 Å². The molecule has 3 aromatic carbocycles. The maximum absolute atomic E-state index is 13.6. The molecular weight excluding hydrogens is 678 g/mol. The lowest BCUT2D eigenvalue weighted by molar-refractivity contribution is -0.132. The molecule has 0 saturated carbocycles. The lowest BCUT2D eigenvalue weighted by Gasteiger charge is -2.23. The Bertz CT molecular complexity index is 1800. The van der Waals surface area contributed by atoms with Crippen molar-refractivity contribution in [3.05, 3.63) is 91.9 Å². The largest absolute Gasteiger partial charge is 0.507 e. The lowest BCUT2D eigenvalue weighted by atomic mass is 9.94. The average Bonchev–Trinajstić information content (AvgIpc) is 3.68. The average molecular weight is 701 g/mol. The molecule has 6 rings (SSSR count). The van der Waals surface area contributed by atoms with Crippen LogP contribution in [0.2, 0.25) is 5.02 Å². The van der Waals surface area contributed by atoms with Crippen LogP contribution in [0.4, 0.5) is 5.13 Å². The fourth-order valence-corrected chi connectivity index (χ4v) is 7.47. The van der Waals surface area contributed by atoms with Gasteiger partial charge in [0.15, 0.2) is 15.8 Å². The number of phenolic OH excluding ortho intramolecular Hbond substituents is 1. The number of aliphatic hydroxyl groups excluding tert-OH is 1. The van der Waals surface area contributed by atoms with Gasteiger partial charge in [-0.1, -0.05) is 46.8 Å². The van der Waals surface area contributed by atoms with Gasteiger partial charge in [0.1, 0.15) is 17.6 Å². The first-order valence-corrected chi connectivity index (χ1v) is 16.0. The standard InChI is InChI=1S/C30H23BrClN3O6S2/c1-14-9-17-10-16(5-8-21(17)41-14)25(36)23-24(18-11-20(31)26(37)22(12-18)40-2)35(28(39)27(23)38)29-33-34-30(43-29)42-13-15-3-6-19(32)7-4-15/h3-8,10-12,14,24,36-37H,9,13H2,1-2H3/b25-23+. The molecule has 4 aromatic rings. The number of thioether (sulfide) groups is 1. The van der Waals surface area contributed by atoms with Crippen molar-refractivity contribution >= 4 is 73.2 Å². The number of ketones is 1. The van der Waals surface area contributed by atoms with E-state index >= 15 is 0 Å². The first-order chi connectivity index (χ1) is 20.6. The number of hydrogen-bond donors (Lipinski definition) is 2. The number of anilines is 1. The van der Waals surface area contributed by atoms with Crippen LogP contribution >= 0.6 is 50.6 Å². The molecule has 13 heteroatoms. The zero-order valence-corrected chi connectivity index (χ0v) is 26.7. The topological polar surface area (TPSA) is 122 Å². The van der Waals surface area contributed by atoms with E-state index in [9.17, 15) is 19.8 Å². The highest BCUT2D eigenvalue weighted by molar-refractivity contribution is 9.10. The van der Waals surface area contributed by atoms with E-state index in [0.717, 1.165) is 22.5 Å². The van der Waals surface area contributed by atoms with Gasteiger partial charge in [-0.15, -0.1) is 10.2 Å². The van der Waals surface area contributed by atoms with Gasteiger partial charge in [0, 0.05) is 22.8 Å². The van der Waals surface area contributed by atoms with Crippen LogP contribution in [0, 0.1) is 0 Å². The molecule has 0 radical (unpaired) electrons. The number of carbonyl (C=O) groups is 2. The first-order valence-electron chi connectivity index (χ1n) is 13.0. The Kier molecular flexibility index (Phi) is 8.12. The summed E-state index contributed by atoms with van der Waals surface area (Å²) in [6, 6.07) is 14.6. The van der Waals surface area contributed by atoms with Crippen LogP contribution in [0.1, 0.15) is 35.2 Å². The monoisotopic (exact) mass is 699 g/mol. The molecule has 1 aromatic heterocycles. The highest BCUT2D eigenvalue weighted by atomic mass is 79.9. The molecular formula is C30H23BrClN3O6S2. The normalized spacial score (nSPS) is 19.0. The van der Waals surface area contributed by atoms with E-state index in [-0.39, 0.29) is 38.5 Å². The smallest absolute Gasteiger partial charge is 0.301 e. The number of Topliss-reactive ketones (excluding diaryl/α,β-unsaturated/α-hetero) is 1. The SMILES string of the molecule is COc1cc(C2/C(=C(\O)c3ccc4c(c3)CC(C)O4)C(=O)C(=O)N2c2nnc(SCc3ccc(Cl)cc3)s2)cc(Br)c1O. The molecule has 9 nitrogen and oxygen atoms in total.